The summed E-state index contributed by atoms with van der Waals surface area (Å²) in [6.07, 6.45) is 0. The van der Waals surface area contributed by atoms with E-state index < -0.39 is 9.84 Å². The zero-order valence-electron chi connectivity index (χ0n) is 9.11. The van der Waals surface area contributed by atoms with Crippen molar-refractivity contribution in [3.8, 4) is 0 Å². The van der Waals surface area contributed by atoms with Gasteiger partial charge in [-0.05, 0) is 38.5 Å². The van der Waals surface area contributed by atoms with E-state index in [1.54, 1.807) is 37.3 Å². The highest BCUT2D eigenvalue weighted by Gasteiger charge is 2.15. The Bertz CT molecular complexity index is 500. The van der Waals surface area contributed by atoms with Crippen molar-refractivity contribution in [2.45, 2.75) is 25.7 Å². The molecule has 0 aliphatic rings. The number of benzene rings is 1. The van der Waals surface area contributed by atoms with Gasteiger partial charge >= 0.3 is 0 Å². The molecule has 3 heteroatoms. The third kappa shape index (κ3) is 2.82. The third-order valence-electron chi connectivity index (χ3n) is 1.88. The predicted octanol–water partition coefficient (Wildman–Crippen LogP) is 2.93. The molecule has 0 aliphatic carbocycles. The number of hydrogen-bond acceptors (Lipinski definition) is 2. The standard InChI is InChI=1S/C12H14O2S/c1-10(2)9-11(3)15(13,14)12-7-5-4-6-8-12/h4-8H,1-3H3. The van der Waals surface area contributed by atoms with Crippen LogP contribution in [0.25, 0.3) is 0 Å². The first-order valence-corrected chi connectivity index (χ1v) is 6.14. The van der Waals surface area contributed by atoms with Crippen LogP contribution in [0.3, 0.4) is 0 Å². The van der Waals surface area contributed by atoms with Crippen molar-refractivity contribution in [1.82, 2.24) is 0 Å². The number of allylic oxidation sites excluding steroid dienone is 1. The van der Waals surface area contributed by atoms with Crippen LogP contribution in [0.1, 0.15) is 20.8 Å². The van der Waals surface area contributed by atoms with Crippen LogP contribution in [-0.4, -0.2) is 8.42 Å². The minimum atomic E-state index is -3.35. The molecule has 1 aromatic rings. The van der Waals surface area contributed by atoms with E-state index in [1.807, 2.05) is 13.8 Å². The first kappa shape index (κ1) is 11.8. The van der Waals surface area contributed by atoms with Crippen LogP contribution in [0.5, 0.6) is 0 Å². The molecule has 1 aromatic carbocycles. The van der Waals surface area contributed by atoms with Gasteiger partial charge in [-0.15, -0.1) is 5.73 Å². The summed E-state index contributed by atoms with van der Waals surface area (Å²) in [5.74, 6) is 0. The van der Waals surface area contributed by atoms with Gasteiger partial charge in [-0.3, -0.25) is 0 Å². The lowest BCUT2D eigenvalue weighted by Gasteiger charge is -2.01. The fourth-order valence-electron chi connectivity index (χ4n) is 1.20. The second kappa shape index (κ2) is 4.47. The molecule has 0 saturated heterocycles. The van der Waals surface area contributed by atoms with Crippen LogP contribution in [0.4, 0.5) is 0 Å². The second-order valence-electron chi connectivity index (χ2n) is 3.50. The highest BCUT2D eigenvalue weighted by atomic mass is 32.2. The predicted molar refractivity (Wildman–Crippen MR) is 61.2 cm³/mol. The van der Waals surface area contributed by atoms with Crippen molar-refractivity contribution in [1.29, 1.82) is 0 Å². The molecule has 0 atom stereocenters. The molecule has 0 spiro atoms. The zero-order chi connectivity index (χ0) is 11.5. The highest BCUT2D eigenvalue weighted by molar-refractivity contribution is 7.95. The van der Waals surface area contributed by atoms with Gasteiger partial charge in [0.2, 0.25) is 9.84 Å². The molecule has 0 heterocycles. The Hall–Kier alpha value is -1.31. The molecule has 0 saturated carbocycles. The molecule has 2 nitrogen and oxygen atoms in total. The van der Waals surface area contributed by atoms with Gasteiger partial charge in [0, 0.05) is 0 Å². The van der Waals surface area contributed by atoms with Crippen LogP contribution >= 0.6 is 0 Å². The van der Waals surface area contributed by atoms with Crippen LogP contribution in [0.2, 0.25) is 0 Å². The van der Waals surface area contributed by atoms with Crippen molar-refractivity contribution in [3.05, 3.63) is 46.5 Å². The van der Waals surface area contributed by atoms with E-state index >= 15 is 0 Å². The lowest BCUT2D eigenvalue weighted by atomic mass is 10.4. The van der Waals surface area contributed by atoms with E-state index in [2.05, 4.69) is 5.73 Å². The summed E-state index contributed by atoms with van der Waals surface area (Å²) in [5.41, 5.74) is 3.68. The molecule has 15 heavy (non-hydrogen) atoms. The lowest BCUT2D eigenvalue weighted by Crippen LogP contribution is -2.01. The first-order chi connectivity index (χ1) is 6.94. The summed E-state index contributed by atoms with van der Waals surface area (Å²) in [4.78, 5) is 0.574. The van der Waals surface area contributed by atoms with Crippen LogP contribution in [0, 0.1) is 0 Å². The molecule has 1 rings (SSSR count). The summed E-state index contributed by atoms with van der Waals surface area (Å²) in [6.45, 7) is 5.21. The van der Waals surface area contributed by atoms with Crippen molar-refractivity contribution >= 4 is 9.84 Å². The zero-order valence-corrected chi connectivity index (χ0v) is 9.93. The summed E-state index contributed by atoms with van der Waals surface area (Å²) in [7, 11) is -3.35. The number of sulfone groups is 1. The largest absolute Gasteiger partial charge is 0.218 e. The van der Waals surface area contributed by atoms with Gasteiger partial charge in [-0.2, -0.15) is 0 Å². The van der Waals surface area contributed by atoms with Crippen LogP contribution < -0.4 is 0 Å². The SMILES string of the molecule is CC(C)=C=C(C)S(=O)(=O)c1ccccc1. The smallest absolute Gasteiger partial charge is 0.209 e. The molecule has 0 bridgehead atoms. The van der Waals surface area contributed by atoms with E-state index in [1.165, 1.54) is 0 Å². The van der Waals surface area contributed by atoms with Gasteiger partial charge in [0.15, 0.2) is 0 Å². The fourth-order valence-corrected chi connectivity index (χ4v) is 2.40. The van der Waals surface area contributed by atoms with Gasteiger partial charge in [0.25, 0.3) is 0 Å². The molecule has 0 amide bonds. The molecule has 0 radical (unpaired) electrons. The Morgan fingerprint density at radius 1 is 1.07 bits per heavy atom. The Morgan fingerprint density at radius 3 is 2.07 bits per heavy atom. The van der Waals surface area contributed by atoms with Crippen molar-refractivity contribution in [2.24, 2.45) is 0 Å². The van der Waals surface area contributed by atoms with Crippen LogP contribution in [0.15, 0.2) is 51.4 Å². The minimum absolute atomic E-state index is 0.258. The first-order valence-electron chi connectivity index (χ1n) is 4.65. The van der Waals surface area contributed by atoms with E-state index in [4.69, 9.17) is 0 Å². The molecular formula is C12H14O2S. The topological polar surface area (TPSA) is 34.1 Å². The molecule has 0 aliphatic heterocycles. The number of rotatable bonds is 2. The Labute approximate surface area is 90.9 Å². The molecule has 0 unspecified atom stereocenters. The minimum Gasteiger partial charge on any atom is -0.218 e. The Kier molecular flexibility index (Phi) is 3.51. The van der Waals surface area contributed by atoms with Gasteiger partial charge < -0.3 is 0 Å². The number of hydrogen-bond donors (Lipinski definition) is 0. The lowest BCUT2D eigenvalue weighted by molar-refractivity contribution is 0.602. The molecule has 0 aromatic heterocycles. The van der Waals surface area contributed by atoms with Gasteiger partial charge in [0.05, 0.1) is 9.80 Å². The van der Waals surface area contributed by atoms with E-state index in [-0.39, 0.29) is 4.91 Å². The molecular weight excluding hydrogens is 208 g/mol. The van der Waals surface area contributed by atoms with Crippen molar-refractivity contribution in [3.63, 3.8) is 0 Å². The average molecular weight is 222 g/mol. The Morgan fingerprint density at radius 2 is 1.60 bits per heavy atom. The second-order valence-corrected chi connectivity index (χ2v) is 5.59. The summed E-state index contributed by atoms with van der Waals surface area (Å²) < 4.78 is 23.9. The monoisotopic (exact) mass is 222 g/mol. The maximum Gasteiger partial charge on any atom is 0.209 e. The van der Waals surface area contributed by atoms with Crippen LogP contribution in [-0.2, 0) is 9.84 Å². The van der Waals surface area contributed by atoms with E-state index in [0.29, 0.717) is 4.90 Å². The van der Waals surface area contributed by atoms with Gasteiger partial charge in [-0.1, -0.05) is 18.2 Å². The van der Waals surface area contributed by atoms with Crippen molar-refractivity contribution < 1.29 is 8.42 Å². The maximum absolute atomic E-state index is 12.0. The normalized spacial score (nSPS) is 10.6. The molecule has 0 fully saturated rings. The van der Waals surface area contributed by atoms with Gasteiger partial charge in [-0.25, -0.2) is 8.42 Å². The van der Waals surface area contributed by atoms with E-state index in [9.17, 15) is 8.42 Å². The average Bonchev–Trinajstić information content (AvgIpc) is 2.18. The molecule has 80 valence electrons. The quantitative estimate of drug-likeness (QED) is 0.721. The summed E-state index contributed by atoms with van der Waals surface area (Å²) in [5, 5.41) is 0. The maximum atomic E-state index is 12.0. The summed E-state index contributed by atoms with van der Waals surface area (Å²) in [6, 6.07) is 8.39. The van der Waals surface area contributed by atoms with E-state index in [0.717, 1.165) is 5.57 Å². The van der Waals surface area contributed by atoms with Crippen molar-refractivity contribution in [2.75, 3.05) is 0 Å². The Balaban J connectivity index is 3.35. The van der Waals surface area contributed by atoms with Gasteiger partial charge in [0.1, 0.15) is 0 Å². The highest BCUT2D eigenvalue weighted by Crippen LogP contribution is 2.17. The summed E-state index contributed by atoms with van der Waals surface area (Å²) >= 11 is 0. The fraction of sp³-hybridized carbons (Fsp3) is 0.250. The third-order valence-corrected chi connectivity index (χ3v) is 3.68. The molecule has 0 N–H and O–H groups in total.